The third-order valence-electron chi connectivity index (χ3n) is 12.3. The van der Waals surface area contributed by atoms with Crippen molar-refractivity contribution >= 4 is 17.9 Å². The number of carboxylic acids is 1. The van der Waals surface area contributed by atoms with Crippen LogP contribution >= 0.6 is 0 Å². The molecule has 0 amide bonds. The van der Waals surface area contributed by atoms with Gasteiger partial charge in [0.05, 0.1) is 40.3 Å². The van der Waals surface area contributed by atoms with Crippen molar-refractivity contribution in [1.29, 1.82) is 0 Å². The van der Waals surface area contributed by atoms with Gasteiger partial charge in [0.15, 0.2) is 12.4 Å². The van der Waals surface area contributed by atoms with Crippen LogP contribution in [-0.2, 0) is 33.3 Å². The number of quaternary nitrogens is 1. The molecule has 0 fully saturated rings. The van der Waals surface area contributed by atoms with Gasteiger partial charge in [0.1, 0.15) is 13.2 Å². The maximum absolute atomic E-state index is 12.8. The second-order valence-corrected chi connectivity index (χ2v) is 20.2. The second kappa shape index (κ2) is 49.9. The summed E-state index contributed by atoms with van der Waals surface area (Å²) in [7, 11) is 5.91. The Morgan fingerprint density at radius 1 is 0.448 bits per heavy atom. The van der Waals surface area contributed by atoms with Gasteiger partial charge in [0, 0.05) is 12.8 Å². The first-order valence-electron chi connectivity index (χ1n) is 28.1. The molecule has 0 aromatic heterocycles. The second-order valence-electron chi connectivity index (χ2n) is 20.2. The molecule has 392 valence electrons. The van der Waals surface area contributed by atoms with E-state index in [2.05, 4.69) is 50.3 Å². The van der Waals surface area contributed by atoms with E-state index in [-0.39, 0.29) is 32.2 Å². The molecular formula is C58H107NO8. The number of hydrogen-bond acceptors (Lipinski definition) is 8. The molecule has 0 aliphatic rings. The summed E-state index contributed by atoms with van der Waals surface area (Å²) in [6.07, 6.45) is 56.4. The number of likely N-dealkylation sites (N-methyl/N-ethyl adjacent to an activating group) is 1. The van der Waals surface area contributed by atoms with Crippen LogP contribution in [0.15, 0.2) is 36.5 Å². The Morgan fingerprint density at radius 3 is 1.25 bits per heavy atom. The van der Waals surface area contributed by atoms with Gasteiger partial charge >= 0.3 is 11.9 Å². The van der Waals surface area contributed by atoms with Gasteiger partial charge in [0.25, 0.3) is 0 Å². The SMILES string of the molecule is CCC/C=C\C/C=C\CCCCCCCC(=O)OC(COC(=O)CCCCCCCCCCCCCCCCCCC/C=C\CCCCCCCCCC)COC(OCC[N+](C)(C)C)C(=O)[O-]. The smallest absolute Gasteiger partial charge is 0.306 e. The molecule has 9 nitrogen and oxygen atoms in total. The number of esters is 2. The Morgan fingerprint density at radius 2 is 0.836 bits per heavy atom. The van der Waals surface area contributed by atoms with Crippen molar-refractivity contribution in [3.63, 3.8) is 0 Å². The molecule has 0 heterocycles. The zero-order valence-electron chi connectivity index (χ0n) is 44.5. The van der Waals surface area contributed by atoms with Crippen LogP contribution in [-0.4, -0.2) is 82.3 Å². The van der Waals surface area contributed by atoms with E-state index in [0.717, 1.165) is 64.2 Å². The fourth-order valence-electron chi connectivity index (χ4n) is 7.98. The largest absolute Gasteiger partial charge is 0.545 e. The summed E-state index contributed by atoms with van der Waals surface area (Å²) in [5, 5.41) is 11.7. The minimum absolute atomic E-state index is 0.146. The predicted molar refractivity (Wildman–Crippen MR) is 279 cm³/mol. The normalized spacial score (nSPS) is 13.0. The predicted octanol–water partition coefficient (Wildman–Crippen LogP) is 14.8. The first kappa shape index (κ1) is 64.5. The maximum Gasteiger partial charge on any atom is 0.306 e. The van der Waals surface area contributed by atoms with Crippen LogP contribution in [0.4, 0.5) is 0 Å². The van der Waals surface area contributed by atoms with E-state index in [1.54, 1.807) is 0 Å². The van der Waals surface area contributed by atoms with Crippen molar-refractivity contribution in [2.24, 2.45) is 0 Å². The van der Waals surface area contributed by atoms with Crippen molar-refractivity contribution in [3.8, 4) is 0 Å². The summed E-state index contributed by atoms with van der Waals surface area (Å²) in [6, 6.07) is 0. The highest BCUT2D eigenvalue weighted by atomic mass is 16.7. The number of unbranched alkanes of at least 4 members (excludes halogenated alkanes) is 31. The van der Waals surface area contributed by atoms with E-state index in [0.29, 0.717) is 23.9 Å². The van der Waals surface area contributed by atoms with E-state index < -0.39 is 24.3 Å². The van der Waals surface area contributed by atoms with E-state index in [1.807, 2.05) is 21.1 Å². The molecule has 0 aromatic carbocycles. The highest BCUT2D eigenvalue weighted by Crippen LogP contribution is 2.16. The molecule has 9 heteroatoms. The number of carbonyl (C=O) groups is 3. The first-order valence-corrected chi connectivity index (χ1v) is 28.1. The number of allylic oxidation sites excluding steroid dienone is 6. The lowest BCUT2D eigenvalue weighted by atomic mass is 10.0. The summed E-state index contributed by atoms with van der Waals surface area (Å²) >= 11 is 0. The molecule has 0 aromatic rings. The molecule has 0 bridgehead atoms. The quantitative estimate of drug-likeness (QED) is 0.0195. The molecule has 2 unspecified atom stereocenters. The third-order valence-corrected chi connectivity index (χ3v) is 12.3. The van der Waals surface area contributed by atoms with Crippen LogP contribution in [0.5, 0.6) is 0 Å². The minimum Gasteiger partial charge on any atom is -0.545 e. The molecule has 2 atom stereocenters. The van der Waals surface area contributed by atoms with Crippen molar-refractivity contribution < 1.29 is 42.9 Å². The Labute approximate surface area is 413 Å². The molecule has 0 aliphatic carbocycles. The topological polar surface area (TPSA) is 111 Å². The lowest BCUT2D eigenvalue weighted by Crippen LogP contribution is -2.44. The summed E-state index contributed by atoms with van der Waals surface area (Å²) in [6.45, 7) is 4.68. The molecule has 0 rings (SSSR count). The fraction of sp³-hybridized carbons (Fsp3) is 0.845. The number of ether oxygens (including phenoxy) is 4. The molecular weight excluding hydrogens is 839 g/mol. The lowest BCUT2D eigenvalue weighted by molar-refractivity contribution is -0.870. The monoisotopic (exact) mass is 946 g/mol. The molecule has 67 heavy (non-hydrogen) atoms. The molecule has 0 radical (unpaired) electrons. The number of carbonyl (C=O) groups excluding carboxylic acids is 3. The van der Waals surface area contributed by atoms with Gasteiger partial charge < -0.3 is 33.3 Å². The number of rotatable bonds is 52. The number of hydrogen-bond donors (Lipinski definition) is 0. The van der Waals surface area contributed by atoms with Crippen LogP contribution in [0.2, 0.25) is 0 Å². The highest BCUT2D eigenvalue weighted by Gasteiger charge is 2.22. The van der Waals surface area contributed by atoms with Crippen molar-refractivity contribution in [1.82, 2.24) is 0 Å². The van der Waals surface area contributed by atoms with Crippen molar-refractivity contribution in [3.05, 3.63) is 36.5 Å². The number of carboxylic acid groups (broad SMARTS) is 1. The van der Waals surface area contributed by atoms with Crippen LogP contribution < -0.4 is 5.11 Å². The van der Waals surface area contributed by atoms with Gasteiger partial charge in [-0.1, -0.05) is 217 Å². The van der Waals surface area contributed by atoms with Crippen molar-refractivity contribution in [2.75, 3.05) is 47.5 Å². The molecule has 0 spiro atoms. The van der Waals surface area contributed by atoms with Crippen molar-refractivity contribution in [2.45, 2.75) is 270 Å². The Bertz CT molecular complexity index is 1190. The van der Waals surface area contributed by atoms with Gasteiger partial charge in [-0.2, -0.15) is 0 Å². The van der Waals surface area contributed by atoms with Gasteiger partial charge in [0.2, 0.25) is 0 Å². The molecule has 0 N–H and O–H groups in total. The summed E-state index contributed by atoms with van der Waals surface area (Å²) < 4.78 is 22.6. The number of nitrogens with zero attached hydrogens (tertiary/aromatic N) is 1. The van der Waals surface area contributed by atoms with E-state index >= 15 is 0 Å². The fourth-order valence-corrected chi connectivity index (χ4v) is 7.98. The van der Waals surface area contributed by atoms with Crippen LogP contribution in [0.25, 0.3) is 0 Å². The standard InChI is InChI=1S/C58H107NO8/c1-6-8-10-12-14-16-18-20-21-22-23-24-25-26-27-28-29-30-31-32-33-34-35-37-38-40-42-44-46-48-55(60)65-52-54(53-66-58(57(62)63)64-51-50-59(3,4)5)67-56(61)49-47-45-43-41-39-36-19-17-15-13-11-9-7-2/h11,13,17,19,22-23,54,58H,6-10,12,14-16,18,20-21,24-53H2,1-5H3/b13-11-,19-17-,23-22-. The lowest BCUT2D eigenvalue weighted by Gasteiger charge is -2.26. The third kappa shape index (κ3) is 51.2. The van der Waals surface area contributed by atoms with Gasteiger partial charge in [-0.3, -0.25) is 9.59 Å². The van der Waals surface area contributed by atoms with E-state index in [1.165, 1.54) is 161 Å². The van der Waals surface area contributed by atoms with E-state index in [4.69, 9.17) is 18.9 Å². The molecule has 0 aliphatic heterocycles. The van der Waals surface area contributed by atoms with Crippen LogP contribution in [0.1, 0.15) is 258 Å². The average molecular weight is 946 g/mol. The molecule has 0 saturated heterocycles. The zero-order valence-corrected chi connectivity index (χ0v) is 44.5. The van der Waals surface area contributed by atoms with Crippen LogP contribution in [0, 0.1) is 0 Å². The van der Waals surface area contributed by atoms with Gasteiger partial charge in [-0.05, 0) is 64.2 Å². The number of aliphatic carboxylic acids is 1. The first-order chi connectivity index (χ1) is 32.6. The Kier molecular flexibility index (Phi) is 48.1. The average Bonchev–Trinajstić information content (AvgIpc) is 3.29. The minimum atomic E-state index is -1.62. The maximum atomic E-state index is 12.8. The van der Waals surface area contributed by atoms with Gasteiger partial charge in [-0.15, -0.1) is 0 Å². The Balaban J connectivity index is 4.10. The van der Waals surface area contributed by atoms with Crippen LogP contribution in [0.3, 0.4) is 0 Å². The van der Waals surface area contributed by atoms with Gasteiger partial charge in [-0.25, -0.2) is 0 Å². The summed E-state index contributed by atoms with van der Waals surface area (Å²) in [5.41, 5.74) is 0. The summed E-state index contributed by atoms with van der Waals surface area (Å²) in [5.74, 6) is -2.29. The Hall–Kier alpha value is -2.49. The zero-order chi connectivity index (χ0) is 49.2. The van der Waals surface area contributed by atoms with E-state index in [9.17, 15) is 19.5 Å². The molecule has 0 saturated carbocycles. The highest BCUT2D eigenvalue weighted by molar-refractivity contribution is 5.70. The summed E-state index contributed by atoms with van der Waals surface area (Å²) in [4.78, 5) is 37.1.